The van der Waals surface area contributed by atoms with Gasteiger partial charge in [-0.15, -0.1) is 0 Å². The Morgan fingerprint density at radius 3 is 2.65 bits per heavy atom. The van der Waals surface area contributed by atoms with Crippen molar-refractivity contribution < 1.29 is 4.79 Å². The number of halogens is 2. The average molecular weight is 311 g/mol. The molecular weight excluding hydrogens is 295 g/mol. The summed E-state index contributed by atoms with van der Waals surface area (Å²) in [7, 11) is 0. The smallest absolute Gasteiger partial charge is 0.185 e. The minimum atomic E-state index is 0.00298. The Kier molecular flexibility index (Phi) is 4.84. The predicted molar refractivity (Wildman–Crippen MR) is 81.8 cm³/mol. The van der Waals surface area contributed by atoms with E-state index in [0.717, 1.165) is 17.7 Å². The second-order valence-corrected chi connectivity index (χ2v) is 5.37. The number of ketones is 1. The molecule has 3 nitrogen and oxygen atoms in total. The monoisotopic (exact) mass is 310 g/mol. The summed E-state index contributed by atoms with van der Waals surface area (Å²) in [6, 6.07) is 7.00. The van der Waals surface area contributed by atoms with Gasteiger partial charge in [0, 0.05) is 23.0 Å². The van der Waals surface area contributed by atoms with Gasteiger partial charge in [0.15, 0.2) is 5.78 Å². The lowest BCUT2D eigenvalue weighted by molar-refractivity contribution is 0.0983. The minimum Gasteiger partial charge on any atom is -0.292 e. The van der Waals surface area contributed by atoms with E-state index in [9.17, 15) is 4.79 Å². The normalized spacial score (nSPS) is 10.8. The highest BCUT2D eigenvalue weighted by Gasteiger charge is 2.16. The van der Waals surface area contributed by atoms with Crippen LogP contribution in [0.1, 0.15) is 35.6 Å². The summed E-state index contributed by atoms with van der Waals surface area (Å²) in [5.74, 6) is 0.00298. The highest BCUT2D eigenvalue weighted by molar-refractivity contribution is 6.33. The van der Waals surface area contributed by atoms with E-state index in [4.69, 9.17) is 23.2 Å². The van der Waals surface area contributed by atoms with Gasteiger partial charge < -0.3 is 0 Å². The molecule has 0 aliphatic rings. The first-order chi connectivity index (χ1) is 9.55. The Bertz CT molecular complexity index is 635. The minimum absolute atomic E-state index is 0.00298. The van der Waals surface area contributed by atoms with Crippen LogP contribution in [0, 0.1) is 0 Å². The topological polar surface area (TPSA) is 34.9 Å². The Hall–Kier alpha value is -1.32. The van der Waals surface area contributed by atoms with Gasteiger partial charge in [-0.1, -0.05) is 30.1 Å². The van der Waals surface area contributed by atoms with Crippen molar-refractivity contribution in [1.29, 1.82) is 0 Å². The quantitative estimate of drug-likeness (QED) is 0.776. The first-order valence-electron chi connectivity index (χ1n) is 6.59. The third-order valence-corrected chi connectivity index (χ3v) is 3.74. The summed E-state index contributed by atoms with van der Waals surface area (Å²) in [5.41, 5.74) is 2.29. The maximum Gasteiger partial charge on any atom is 0.185 e. The van der Waals surface area contributed by atoms with Crippen LogP contribution in [0.15, 0.2) is 24.3 Å². The Morgan fingerprint density at radius 1 is 1.25 bits per heavy atom. The number of carbonyl (C=O) groups excluding carboxylic acids is 1. The van der Waals surface area contributed by atoms with E-state index in [0.29, 0.717) is 22.3 Å². The van der Waals surface area contributed by atoms with Crippen molar-refractivity contribution >= 4 is 29.0 Å². The molecule has 2 aromatic rings. The van der Waals surface area contributed by atoms with E-state index in [1.807, 2.05) is 19.9 Å². The molecule has 0 bridgehead atoms. The maximum absolute atomic E-state index is 12.4. The first-order valence-corrected chi connectivity index (χ1v) is 7.34. The molecule has 0 aliphatic heterocycles. The fourth-order valence-electron chi connectivity index (χ4n) is 2.05. The summed E-state index contributed by atoms with van der Waals surface area (Å²) >= 11 is 12.0. The lowest BCUT2D eigenvalue weighted by Gasteiger charge is -2.06. The van der Waals surface area contributed by atoms with Gasteiger partial charge >= 0.3 is 0 Å². The van der Waals surface area contributed by atoms with E-state index in [1.165, 1.54) is 0 Å². The molecule has 2 rings (SSSR count). The van der Waals surface area contributed by atoms with E-state index in [2.05, 4.69) is 5.10 Å². The van der Waals surface area contributed by atoms with Crippen molar-refractivity contribution in [3.63, 3.8) is 0 Å². The second kappa shape index (κ2) is 6.42. The van der Waals surface area contributed by atoms with Gasteiger partial charge in [0.05, 0.1) is 5.69 Å². The number of nitrogens with zero attached hydrogens (tertiary/aromatic N) is 2. The van der Waals surface area contributed by atoms with Crippen molar-refractivity contribution in [3.05, 3.63) is 51.3 Å². The molecule has 0 fully saturated rings. The number of hydrogen-bond donors (Lipinski definition) is 0. The molecule has 0 radical (unpaired) electrons. The highest BCUT2D eigenvalue weighted by atomic mass is 35.5. The zero-order chi connectivity index (χ0) is 14.7. The van der Waals surface area contributed by atoms with Crippen molar-refractivity contribution in [2.24, 2.45) is 0 Å². The first kappa shape index (κ1) is 15.1. The van der Waals surface area contributed by atoms with Gasteiger partial charge in [-0.2, -0.15) is 5.10 Å². The van der Waals surface area contributed by atoms with Gasteiger partial charge in [0.1, 0.15) is 5.69 Å². The van der Waals surface area contributed by atoms with Gasteiger partial charge in [-0.3, -0.25) is 9.48 Å². The molecule has 0 spiro atoms. The molecule has 1 aromatic heterocycles. The predicted octanol–water partition coefficient (Wildman–Crippen LogP) is 4.20. The van der Waals surface area contributed by atoms with Crippen molar-refractivity contribution in [2.45, 2.75) is 33.2 Å². The molecule has 5 heteroatoms. The van der Waals surface area contributed by atoms with Crippen LogP contribution in [-0.4, -0.2) is 15.6 Å². The van der Waals surface area contributed by atoms with E-state index in [-0.39, 0.29) is 12.2 Å². The SMILES string of the molecule is CCc1cc(C(=O)Cc2cc(Cl)ccc2Cl)n(CC)n1. The molecular formula is C15H16Cl2N2O. The second-order valence-electron chi connectivity index (χ2n) is 4.53. The number of aryl methyl sites for hydroxylation is 2. The summed E-state index contributed by atoms with van der Waals surface area (Å²) in [4.78, 5) is 12.4. The number of carbonyl (C=O) groups is 1. The van der Waals surface area contributed by atoms with E-state index in [1.54, 1.807) is 22.9 Å². The van der Waals surface area contributed by atoms with Crippen LogP contribution in [0.3, 0.4) is 0 Å². The third kappa shape index (κ3) is 3.22. The zero-order valence-electron chi connectivity index (χ0n) is 11.5. The standard InChI is InChI=1S/C15H16Cl2N2O/c1-3-12-9-14(19(4-2)18-12)15(20)8-10-7-11(16)5-6-13(10)17/h5-7,9H,3-4,8H2,1-2H3. The fourth-order valence-corrected chi connectivity index (χ4v) is 2.43. The molecule has 0 unspecified atom stereocenters. The maximum atomic E-state index is 12.4. The zero-order valence-corrected chi connectivity index (χ0v) is 13.0. The lowest BCUT2D eigenvalue weighted by Crippen LogP contribution is -2.12. The molecule has 0 atom stereocenters. The number of aromatic nitrogens is 2. The van der Waals surface area contributed by atoms with Crippen molar-refractivity contribution in [2.75, 3.05) is 0 Å². The summed E-state index contributed by atoms with van der Waals surface area (Å²) < 4.78 is 1.74. The molecule has 1 heterocycles. The van der Waals surface area contributed by atoms with E-state index < -0.39 is 0 Å². The fraction of sp³-hybridized carbons (Fsp3) is 0.333. The van der Waals surface area contributed by atoms with Crippen LogP contribution >= 0.6 is 23.2 Å². The van der Waals surface area contributed by atoms with Gasteiger partial charge in [-0.05, 0) is 43.2 Å². The van der Waals surface area contributed by atoms with Crippen LogP contribution in [0.5, 0.6) is 0 Å². The molecule has 0 saturated carbocycles. The molecule has 20 heavy (non-hydrogen) atoms. The molecule has 0 saturated heterocycles. The summed E-state index contributed by atoms with van der Waals surface area (Å²) in [6.45, 7) is 4.66. The summed E-state index contributed by atoms with van der Waals surface area (Å²) in [6.07, 6.45) is 1.04. The third-order valence-electron chi connectivity index (χ3n) is 3.14. The highest BCUT2D eigenvalue weighted by Crippen LogP contribution is 2.22. The van der Waals surface area contributed by atoms with Crippen LogP contribution in [0.2, 0.25) is 10.0 Å². The van der Waals surface area contributed by atoms with Gasteiger partial charge in [0.25, 0.3) is 0 Å². The lowest BCUT2D eigenvalue weighted by atomic mass is 10.1. The average Bonchev–Trinajstić information content (AvgIpc) is 2.86. The molecule has 1 aromatic carbocycles. The number of Topliss-reactive ketones (excluding diaryl/α,β-unsaturated/α-hetero) is 1. The number of benzene rings is 1. The van der Waals surface area contributed by atoms with Gasteiger partial charge in [-0.25, -0.2) is 0 Å². The molecule has 0 aliphatic carbocycles. The van der Waals surface area contributed by atoms with Crippen LogP contribution in [0.25, 0.3) is 0 Å². The largest absolute Gasteiger partial charge is 0.292 e. The molecule has 0 amide bonds. The van der Waals surface area contributed by atoms with Crippen LogP contribution < -0.4 is 0 Å². The van der Waals surface area contributed by atoms with E-state index >= 15 is 0 Å². The van der Waals surface area contributed by atoms with Crippen LogP contribution in [0.4, 0.5) is 0 Å². The van der Waals surface area contributed by atoms with Crippen molar-refractivity contribution in [3.8, 4) is 0 Å². The Morgan fingerprint density at radius 2 is 2.00 bits per heavy atom. The summed E-state index contributed by atoms with van der Waals surface area (Å²) in [5, 5.41) is 5.52. The van der Waals surface area contributed by atoms with Crippen molar-refractivity contribution in [1.82, 2.24) is 9.78 Å². The number of hydrogen-bond acceptors (Lipinski definition) is 2. The van der Waals surface area contributed by atoms with Gasteiger partial charge in [0.2, 0.25) is 0 Å². The molecule has 0 N–H and O–H groups in total. The van der Waals surface area contributed by atoms with Crippen LogP contribution in [-0.2, 0) is 19.4 Å². The molecule has 106 valence electrons. The number of rotatable bonds is 5. The Balaban J connectivity index is 2.28. The Labute approximate surface area is 128 Å².